The maximum absolute atomic E-state index is 10.7. The van der Waals surface area contributed by atoms with Gasteiger partial charge in [-0.2, -0.15) is 11.8 Å². The number of thioether (sulfide) groups is 1. The van der Waals surface area contributed by atoms with Gasteiger partial charge in [0, 0.05) is 12.9 Å². The summed E-state index contributed by atoms with van der Waals surface area (Å²) >= 11 is 1.75. The standard InChI is InChI=1S/C22H43O5PS/c1-3-4-5-6-7-8-9-10-11-12-13-14-15-16-17-18-19-29-21-22(26-2)20-27-28(23,24)25/h7-8,10-11,22H,3-6,9,12-21H2,1-2H3,(H2,23,24,25). The molecular formula is C22H43O5PS. The summed E-state index contributed by atoms with van der Waals surface area (Å²) in [6, 6.07) is 0. The van der Waals surface area contributed by atoms with Gasteiger partial charge in [0.05, 0.1) is 12.7 Å². The largest absolute Gasteiger partial charge is 0.469 e. The minimum absolute atomic E-state index is 0.0720. The first-order valence-corrected chi connectivity index (χ1v) is 13.8. The lowest BCUT2D eigenvalue weighted by Crippen LogP contribution is -2.20. The average molecular weight is 451 g/mol. The van der Waals surface area contributed by atoms with Crippen LogP contribution in [0.1, 0.15) is 84.0 Å². The predicted molar refractivity (Wildman–Crippen MR) is 125 cm³/mol. The highest BCUT2D eigenvalue weighted by atomic mass is 32.2. The first kappa shape index (κ1) is 28.9. The molecule has 0 aromatic heterocycles. The number of phosphoric acid groups is 1. The Hall–Kier alpha value is -0.100. The van der Waals surface area contributed by atoms with E-state index in [1.54, 1.807) is 11.8 Å². The smallest absolute Gasteiger partial charge is 0.378 e. The van der Waals surface area contributed by atoms with Crippen molar-refractivity contribution in [3.8, 4) is 0 Å². The molecule has 0 amide bonds. The number of hydrogen-bond donors (Lipinski definition) is 2. The minimum Gasteiger partial charge on any atom is -0.378 e. The monoisotopic (exact) mass is 450 g/mol. The van der Waals surface area contributed by atoms with Crippen LogP contribution in [0.3, 0.4) is 0 Å². The van der Waals surface area contributed by atoms with E-state index in [1.165, 1.54) is 77.7 Å². The maximum atomic E-state index is 10.7. The maximum Gasteiger partial charge on any atom is 0.469 e. The molecule has 0 bridgehead atoms. The Balaban J connectivity index is 3.36. The Morgan fingerprint density at radius 2 is 1.48 bits per heavy atom. The van der Waals surface area contributed by atoms with Crippen molar-refractivity contribution in [2.75, 3.05) is 25.2 Å². The van der Waals surface area contributed by atoms with Gasteiger partial charge in [-0.15, -0.1) is 0 Å². The summed E-state index contributed by atoms with van der Waals surface area (Å²) in [5.74, 6) is 1.74. The predicted octanol–water partition coefficient (Wildman–Crippen LogP) is 6.66. The van der Waals surface area contributed by atoms with E-state index in [-0.39, 0.29) is 12.7 Å². The lowest BCUT2D eigenvalue weighted by Gasteiger charge is -2.15. The van der Waals surface area contributed by atoms with Gasteiger partial charge < -0.3 is 14.5 Å². The Labute approximate surface area is 183 Å². The van der Waals surface area contributed by atoms with Gasteiger partial charge in [0.1, 0.15) is 0 Å². The van der Waals surface area contributed by atoms with Gasteiger partial charge in [-0.1, -0.05) is 69.8 Å². The Bertz CT molecular complexity index is 450. The number of phosphoric ester groups is 1. The molecule has 0 aliphatic heterocycles. The van der Waals surface area contributed by atoms with Gasteiger partial charge in [-0.05, 0) is 44.3 Å². The zero-order valence-corrected chi connectivity index (χ0v) is 20.2. The third-order valence-electron chi connectivity index (χ3n) is 4.55. The van der Waals surface area contributed by atoms with Crippen molar-refractivity contribution >= 4 is 19.6 Å². The number of allylic oxidation sites excluding steroid dienone is 4. The lowest BCUT2D eigenvalue weighted by molar-refractivity contribution is 0.0605. The second kappa shape index (κ2) is 21.1. The van der Waals surface area contributed by atoms with E-state index in [0.29, 0.717) is 5.75 Å². The summed E-state index contributed by atoms with van der Waals surface area (Å²) < 4.78 is 20.4. The summed E-state index contributed by atoms with van der Waals surface area (Å²) in [7, 11) is -2.87. The highest BCUT2D eigenvalue weighted by Gasteiger charge is 2.17. The molecule has 29 heavy (non-hydrogen) atoms. The van der Waals surface area contributed by atoms with Crippen LogP contribution in [-0.2, 0) is 13.8 Å². The summed E-state index contributed by atoms with van der Waals surface area (Å²) in [6.45, 7) is 2.17. The number of rotatable bonds is 21. The van der Waals surface area contributed by atoms with Crippen LogP contribution in [0.25, 0.3) is 0 Å². The molecule has 0 radical (unpaired) electrons. The topological polar surface area (TPSA) is 76.0 Å². The van der Waals surface area contributed by atoms with Gasteiger partial charge >= 0.3 is 7.82 Å². The van der Waals surface area contributed by atoms with Crippen LogP contribution in [0.2, 0.25) is 0 Å². The normalized spacial score (nSPS) is 13.7. The molecule has 0 aliphatic carbocycles. The van der Waals surface area contributed by atoms with Crippen LogP contribution in [0.5, 0.6) is 0 Å². The van der Waals surface area contributed by atoms with E-state index in [2.05, 4.69) is 35.8 Å². The summed E-state index contributed by atoms with van der Waals surface area (Å²) in [5, 5.41) is 0. The molecule has 7 heteroatoms. The Morgan fingerprint density at radius 1 is 0.897 bits per heavy atom. The fourth-order valence-corrected chi connectivity index (χ4v) is 4.20. The first-order valence-electron chi connectivity index (χ1n) is 11.1. The van der Waals surface area contributed by atoms with Crippen molar-refractivity contribution in [3.63, 3.8) is 0 Å². The van der Waals surface area contributed by atoms with E-state index in [0.717, 1.165) is 12.2 Å². The van der Waals surface area contributed by atoms with Crippen molar-refractivity contribution in [2.24, 2.45) is 0 Å². The molecule has 172 valence electrons. The van der Waals surface area contributed by atoms with Crippen molar-refractivity contribution in [3.05, 3.63) is 24.3 Å². The highest BCUT2D eigenvalue weighted by Crippen LogP contribution is 2.36. The molecule has 0 aromatic carbocycles. The number of hydrogen-bond acceptors (Lipinski definition) is 4. The first-order chi connectivity index (χ1) is 14.0. The number of methoxy groups -OCH3 is 1. The molecule has 0 aromatic rings. The van der Waals surface area contributed by atoms with E-state index in [9.17, 15) is 4.57 Å². The summed E-state index contributed by atoms with van der Waals surface area (Å²) in [6.07, 6.45) is 23.9. The Kier molecular flexibility index (Phi) is 21.1. The molecule has 0 saturated carbocycles. The van der Waals surface area contributed by atoms with E-state index < -0.39 is 7.82 Å². The zero-order chi connectivity index (χ0) is 21.6. The van der Waals surface area contributed by atoms with Crippen LogP contribution in [-0.4, -0.2) is 41.1 Å². The average Bonchev–Trinajstić information content (AvgIpc) is 2.68. The van der Waals surface area contributed by atoms with Crippen molar-refractivity contribution in [2.45, 2.75) is 90.1 Å². The fraction of sp³-hybridized carbons (Fsp3) is 0.818. The van der Waals surface area contributed by atoms with Crippen LogP contribution in [0.4, 0.5) is 0 Å². The quantitative estimate of drug-likeness (QED) is 0.116. The molecule has 2 N–H and O–H groups in total. The molecular weight excluding hydrogens is 407 g/mol. The Morgan fingerprint density at radius 3 is 2.07 bits per heavy atom. The second-order valence-electron chi connectivity index (χ2n) is 7.30. The van der Waals surface area contributed by atoms with E-state index in [1.807, 2.05) is 0 Å². The lowest BCUT2D eigenvalue weighted by atomic mass is 10.1. The van der Waals surface area contributed by atoms with Gasteiger partial charge in [-0.3, -0.25) is 4.52 Å². The van der Waals surface area contributed by atoms with Crippen LogP contribution in [0.15, 0.2) is 24.3 Å². The van der Waals surface area contributed by atoms with Crippen molar-refractivity contribution in [1.29, 1.82) is 0 Å². The SMILES string of the molecule is CCCCCC=CCC=CCCCCCCCCSCC(COP(=O)(O)O)OC. The summed E-state index contributed by atoms with van der Waals surface area (Å²) in [4.78, 5) is 17.4. The molecule has 0 saturated heterocycles. The molecule has 0 spiro atoms. The molecule has 1 unspecified atom stereocenters. The number of unbranched alkanes of at least 4 members (excludes halogenated alkanes) is 9. The third-order valence-corrected chi connectivity index (χ3v) is 6.23. The molecule has 0 rings (SSSR count). The fourth-order valence-electron chi connectivity index (χ4n) is 2.77. The van der Waals surface area contributed by atoms with Crippen LogP contribution < -0.4 is 0 Å². The highest BCUT2D eigenvalue weighted by molar-refractivity contribution is 7.99. The molecule has 5 nitrogen and oxygen atoms in total. The van der Waals surface area contributed by atoms with Crippen molar-refractivity contribution in [1.82, 2.24) is 0 Å². The zero-order valence-electron chi connectivity index (χ0n) is 18.5. The van der Waals surface area contributed by atoms with Crippen molar-refractivity contribution < 1.29 is 23.6 Å². The van der Waals surface area contributed by atoms with Crippen LogP contribution >= 0.6 is 19.6 Å². The molecule has 0 aliphatic rings. The van der Waals surface area contributed by atoms with Gasteiger partial charge in [0.25, 0.3) is 0 Å². The van der Waals surface area contributed by atoms with Gasteiger partial charge in [0.2, 0.25) is 0 Å². The molecule has 0 heterocycles. The van der Waals surface area contributed by atoms with E-state index >= 15 is 0 Å². The third kappa shape index (κ3) is 24.0. The van der Waals surface area contributed by atoms with E-state index in [4.69, 9.17) is 14.5 Å². The van der Waals surface area contributed by atoms with Gasteiger partial charge in [0.15, 0.2) is 0 Å². The molecule has 1 atom stereocenters. The van der Waals surface area contributed by atoms with Crippen LogP contribution in [0, 0.1) is 0 Å². The second-order valence-corrected chi connectivity index (χ2v) is 9.69. The number of ether oxygens (including phenoxy) is 1. The minimum atomic E-state index is -4.41. The van der Waals surface area contributed by atoms with Gasteiger partial charge in [-0.25, -0.2) is 4.57 Å². The molecule has 0 fully saturated rings. The summed E-state index contributed by atoms with van der Waals surface area (Å²) in [5.41, 5.74) is 0.